The minimum absolute atomic E-state index is 0.0465. The molecule has 2 radical (unpaired) electrons. The third-order valence-corrected chi connectivity index (χ3v) is 6.50. The maximum atomic E-state index is 14.4. The zero-order valence-electron chi connectivity index (χ0n) is 13.8. The van der Waals surface area contributed by atoms with E-state index in [1.807, 2.05) is 0 Å². The molecule has 1 aliphatic rings. The van der Waals surface area contributed by atoms with Gasteiger partial charge in [0, 0.05) is 23.6 Å². The first-order valence-electron chi connectivity index (χ1n) is 7.75. The van der Waals surface area contributed by atoms with Crippen molar-refractivity contribution in [1.29, 1.82) is 0 Å². The summed E-state index contributed by atoms with van der Waals surface area (Å²) in [6.45, 7) is 1.26. The Morgan fingerprint density at radius 3 is 2.42 bits per heavy atom. The van der Waals surface area contributed by atoms with E-state index in [2.05, 4.69) is 0 Å². The molecule has 4 nitrogen and oxygen atoms in total. The molecule has 1 atom stereocenters. The monoisotopic (exact) mass is 397 g/mol. The first kappa shape index (κ1) is 19.1. The number of sulfonamides is 1. The molecule has 1 heterocycles. The van der Waals surface area contributed by atoms with Crippen LogP contribution in [0.1, 0.15) is 17.5 Å². The van der Waals surface area contributed by atoms with Crippen LogP contribution in [-0.2, 0) is 15.5 Å². The normalized spacial score (nSPS) is 22.6. The number of aryl methyl sites for hydroxylation is 1. The lowest BCUT2D eigenvalue weighted by molar-refractivity contribution is -0.139. The largest absolute Gasteiger partial charge is 0.389 e. The molecule has 1 aliphatic heterocycles. The molecule has 9 heteroatoms. The predicted octanol–water partition coefficient (Wildman–Crippen LogP) is 3.20. The Kier molecular flexibility index (Phi) is 4.57. The van der Waals surface area contributed by atoms with Crippen LogP contribution in [0.4, 0.5) is 14.5 Å². The highest BCUT2D eigenvalue weighted by Crippen LogP contribution is 2.46. The first-order chi connectivity index (χ1) is 12.0. The highest BCUT2D eigenvalue weighted by atomic mass is 35.5. The molecule has 2 aromatic carbocycles. The molecule has 0 spiro atoms. The molecule has 0 aromatic heterocycles. The predicted molar refractivity (Wildman–Crippen MR) is 96.4 cm³/mol. The molecule has 1 unspecified atom stereocenters. The maximum Gasteiger partial charge on any atom is 0.273 e. The molecule has 26 heavy (non-hydrogen) atoms. The standard InChI is InChI=1S/C17H15BClF2NO3S/c1-11-2-5-13(6-3-11)26(24,25)22-9-8-16(20,21)17(18,23)14-10-12(19)4-7-15(14)22/h2-7,10,23H,8-9H2,1H3. The number of nitrogens with zero attached hydrogens (tertiary/aromatic N) is 1. The van der Waals surface area contributed by atoms with Gasteiger partial charge in [-0.15, -0.1) is 0 Å². The van der Waals surface area contributed by atoms with Crippen LogP contribution >= 0.6 is 11.6 Å². The van der Waals surface area contributed by atoms with Crippen molar-refractivity contribution in [1.82, 2.24) is 0 Å². The van der Waals surface area contributed by atoms with Gasteiger partial charge in [-0.25, -0.2) is 17.2 Å². The van der Waals surface area contributed by atoms with Gasteiger partial charge in [0.25, 0.3) is 15.9 Å². The van der Waals surface area contributed by atoms with Gasteiger partial charge in [0.1, 0.15) is 13.3 Å². The van der Waals surface area contributed by atoms with Gasteiger partial charge in [0.2, 0.25) is 0 Å². The van der Waals surface area contributed by atoms with Crippen LogP contribution in [0, 0.1) is 6.92 Å². The van der Waals surface area contributed by atoms with Crippen molar-refractivity contribution in [2.45, 2.75) is 29.7 Å². The number of aliphatic hydroxyl groups is 1. The van der Waals surface area contributed by atoms with Crippen LogP contribution in [0.25, 0.3) is 0 Å². The van der Waals surface area contributed by atoms with Crippen LogP contribution in [0.5, 0.6) is 0 Å². The average molecular weight is 398 g/mol. The van der Waals surface area contributed by atoms with Crippen molar-refractivity contribution in [3.63, 3.8) is 0 Å². The second kappa shape index (κ2) is 6.21. The van der Waals surface area contributed by atoms with E-state index in [9.17, 15) is 22.3 Å². The molecule has 1 N–H and O–H groups in total. The van der Waals surface area contributed by atoms with Gasteiger partial charge < -0.3 is 5.11 Å². The quantitative estimate of drug-likeness (QED) is 0.792. The van der Waals surface area contributed by atoms with Crippen molar-refractivity contribution >= 4 is 35.2 Å². The number of alkyl halides is 2. The molecule has 0 bridgehead atoms. The number of hydrogen-bond acceptors (Lipinski definition) is 3. The van der Waals surface area contributed by atoms with Crippen LogP contribution in [0.3, 0.4) is 0 Å². The summed E-state index contributed by atoms with van der Waals surface area (Å²) in [6, 6.07) is 9.71. The maximum absolute atomic E-state index is 14.4. The first-order valence-corrected chi connectivity index (χ1v) is 9.57. The van der Waals surface area contributed by atoms with Crippen molar-refractivity contribution < 1.29 is 22.3 Å². The fraction of sp³-hybridized carbons (Fsp3) is 0.294. The van der Waals surface area contributed by atoms with Crippen molar-refractivity contribution in [3.05, 3.63) is 58.6 Å². The molecular formula is C17H15BClF2NO3S. The molecule has 136 valence electrons. The van der Waals surface area contributed by atoms with E-state index < -0.39 is 40.0 Å². The van der Waals surface area contributed by atoms with Gasteiger partial charge >= 0.3 is 0 Å². The van der Waals surface area contributed by atoms with Crippen molar-refractivity contribution in [2.75, 3.05) is 10.8 Å². The fourth-order valence-corrected chi connectivity index (χ4v) is 4.52. The summed E-state index contributed by atoms with van der Waals surface area (Å²) in [5.74, 6) is -3.75. The van der Waals surface area contributed by atoms with Gasteiger partial charge in [-0.1, -0.05) is 29.3 Å². The number of halogens is 3. The summed E-state index contributed by atoms with van der Waals surface area (Å²) < 4.78 is 55.8. The fourth-order valence-electron chi connectivity index (χ4n) is 2.87. The number of hydrogen-bond donors (Lipinski definition) is 1. The van der Waals surface area contributed by atoms with Crippen LogP contribution in [-0.4, -0.2) is 33.8 Å². The Balaban J connectivity index is 2.22. The van der Waals surface area contributed by atoms with E-state index >= 15 is 0 Å². The number of anilines is 1. The van der Waals surface area contributed by atoms with Crippen LogP contribution < -0.4 is 4.31 Å². The van der Waals surface area contributed by atoms with Crippen LogP contribution in [0.2, 0.25) is 5.02 Å². The van der Waals surface area contributed by atoms with E-state index in [0.29, 0.717) is 0 Å². The number of fused-ring (bicyclic) bond motifs is 1. The van der Waals surface area contributed by atoms with Gasteiger partial charge in [0.05, 0.1) is 10.6 Å². The molecule has 0 aliphatic carbocycles. The Morgan fingerprint density at radius 2 is 1.81 bits per heavy atom. The second-order valence-corrected chi connectivity index (χ2v) is 8.57. The molecule has 0 amide bonds. The minimum atomic E-state index is -4.14. The Bertz CT molecular complexity index is 949. The molecule has 0 saturated carbocycles. The van der Waals surface area contributed by atoms with E-state index in [1.165, 1.54) is 24.3 Å². The van der Waals surface area contributed by atoms with Gasteiger partial charge in [0.15, 0.2) is 0 Å². The van der Waals surface area contributed by atoms with Crippen LogP contribution in [0.15, 0.2) is 47.4 Å². The summed E-state index contributed by atoms with van der Waals surface area (Å²) in [5.41, 5.74) is -2.76. The molecule has 0 saturated heterocycles. The molecule has 3 rings (SSSR count). The summed E-state index contributed by atoms with van der Waals surface area (Å²) in [6.07, 6.45) is -0.947. The number of rotatable bonds is 2. The molecule has 2 aromatic rings. The Morgan fingerprint density at radius 1 is 1.19 bits per heavy atom. The second-order valence-electron chi connectivity index (χ2n) is 6.27. The van der Waals surface area contributed by atoms with Crippen molar-refractivity contribution in [2.24, 2.45) is 0 Å². The summed E-state index contributed by atoms with van der Waals surface area (Å²) in [4.78, 5) is -0.0465. The van der Waals surface area contributed by atoms with Gasteiger partial charge in [-0.05, 0) is 37.3 Å². The zero-order chi connectivity index (χ0) is 19.3. The van der Waals surface area contributed by atoms with Crippen molar-refractivity contribution in [3.8, 4) is 0 Å². The molecular weight excluding hydrogens is 383 g/mol. The Hall–Kier alpha value is -1.64. The smallest absolute Gasteiger partial charge is 0.273 e. The molecule has 0 fully saturated rings. The highest BCUT2D eigenvalue weighted by molar-refractivity contribution is 7.92. The zero-order valence-corrected chi connectivity index (χ0v) is 15.4. The summed E-state index contributed by atoms with van der Waals surface area (Å²) in [5, 5.41) is 10.4. The third kappa shape index (κ3) is 3.00. The topological polar surface area (TPSA) is 57.6 Å². The lowest BCUT2D eigenvalue weighted by Crippen LogP contribution is -2.45. The van der Waals surface area contributed by atoms with Gasteiger partial charge in [-0.2, -0.15) is 0 Å². The van der Waals surface area contributed by atoms with E-state index in [4.69, 9.17) is 19.4 Å². The number of benzene rings is 2. The SMILES string of the molecule is [B]C1(O)c2cc(Cl)ccc2N(S(=O)(=O)c2ccc(C)cc2)CCC1(F)F. The Labute approximate surface area is 156 Å². The third-order valence-electron chi connectivity index (χ3n) is 4.43. The summed E-state index contributed by atoms with van der Waals surface area (Å²) >= 11 is 5.87. The summed E-state index contributed by atoms with van der Waals surface area (Å²) in [7, 11) is 1.39. The van der Waals surface area contributed by atoms with Gasteiger partial charge in [-0.3, -0.25) is 4.31 Å². The van der Waals surface area contributed by atoms with E-state index in [-0.39, 0.29) is 15.6 Å². The highest BCUT2D eigenvalue weighted by Gasteiger charge is 2.53. The van der Waals surface area contributed by atoms with E-state index in [0.717, 1.165) is 15.9 Å². The lowest BCUT2D eigenvalue weighted by Gasteiger charge is -2.32. The minimum Gasteiger partial charge on any atom is -0.389 e. The van der Waals surface area contributed by atoms with E-state index in [1.54, 1.807) is 19.1 Å². The average Bonchev–Trinajstić information content (AvgIpc) is 2.62. The lowest BCUT2D eigenvalue weighted by atomic mass is 9.70.